The SMILES string of the molecule is C=C(C)[C@H]([C@H](CC(=O)OCC)c1ccccc1)S(=O)(=O)c1ccccc1. The summed E-state index contributed by atoms with van der Waals surface area (Å²) < 4.78 is 31.7. The van der Waals surface area contributed by atoms with E-state index in [0.29, 0.717) is 5.57 Å². The van der Waals surface area contributed by atoms with Gasteiger partial charge >= 0.3 is 5.97 Å². The zero-order chi connectivity index (χ0) is 19.2. The first-order chi connectivity index (χ1) is 12.4. The molecule has 0 aliphatic heterocycles. The van der Waals surface area contributed by atoms with E-state index in [4.69, 9.17) is 4.74 Å². The maximum Gasteiger partial charge on any atom is 0.306 e. The standard InChI is InChI=1S/C21H24O4S/c1-4-25-20(22)15-19(17-11-7-5-8-12-17)21(16(2)3)26(23,24)18-13-9-6-10-14-18/h5-14,19,21H,2,4,15H2,1,3H3/t19-,21-/m1/s1. The highest BCUT2D eigenvalue weighted by Gasteiger charge is 2.37. The summed E-state index contributed by atoms with van der Waals surface area (Å²) >= 11 is 0. The number of hydrogen-bond acceptors (Lipinski definition) is 4. The smallest absolute Gasteiger partial charge is 0.306 e. The summed E-state index contributed by atoms with van der Waals surface area (Å²) in [6.45, 7) is 7.58. The predicted molar refractivity (Wildman–Crippen MR) is 103 cm³/mol. The van der Waals surface area contributed by atoms with Crippen LogP contribution in [0.25, 0.3) is 0 Å². The molecule has 0 aliphatic carbocycles. The monoisotopic (exact) mass is 372 g/mol. The van der Waals surface area contributed by atoms with Gasteiger partial charge in [-0.1, -0.05) is 60.7 Å². The van der Waals surface area contributed by atoms with Crippen molar-refractivity contribution in [2.24, 2.45) is 0 Å². The molecule has 0 unspecified atom stereocenters. The number of sulfone groups is 1. The highest BCUT2D eigenvalue weighted by Crippen LogP contribution is 2.35. The number of carbonyl (C=O) groups is 1. The minimum Gasteiger partial charge on any atom is -0.466 e. The highest BCUT2D eigenvalue weighted by molar-refractivity contribution is 7.92. The normalized spacial score (nSPS) is 13.6. The zero-order valence-electron chi connectivity index (χ0n) is 15.1. The van der Waals surface area contributed by atoms with E-state index in [1.807, 2.05) is 30.3 Å². The maximum absolute atomic E-state index is 13.3. The van der Waals surface area contributed by atoms with Crippen LogP contribution >= 0.6 is 0 Å². The third kappa shape index (κ3) is 4.61. The average molecular weight is 372 g/mol. The summed E-state index contributed by atoms with van der Waals surface area (Å²) in [7, 11) is -3.72. The Hall–Kier alpha value is -2.40. The van der Waals surface area contributed by atoms with Crippen molar-refractivity contribution < 1.29 is 17.9 Å². The minimum atomic E-state index is -3.72. The number of esters is 1. The molecule has 138 valence electrons. The van der Waals surface area contributed by atoms with Crippen LogP contribution in [0.5, 0.6) is 0 Å². The van der Waals surface area contributed by atoms with Crippen molar-refractivity contribution in [1.29, 1.82) is 0 Å². The fourth-order valence-corrected chi connectivity index (χ4v) is 5.13. The molecule has 0 saturated carbocycles. The molecule has 26 heavy (non-hydrogen) atoms. The minimum absolute atomic E-state index is 0.0263. The van der Waals surface area contributed by atoms with Crippen LogP contribution in [0.3, 0.4) is 0 Å². The van der Waals surface area contributed by atoms with E-state index >= 15 is 0 Å². The summed E-state index contributed by atoms with van der Waals surface area (Å²) in [6, 6.07) is 17.5. The Balaban J connectivity index is 2.54. The largest absolute Gasteiger partial charge is 0.466 e. The van der Waals surface area contributed by atoms with Crippen LogP contribution in [0.2, 0.25) is 0 Å². The third-order valence-electron chi connectivity index (χ3n) is 4.18. The quantitative estimate of drug-likeness (QED) is 0.516. The molecular formula is C21H24O4S. The first-order valence-corrected chi connectivity index (χ1v) is 10.1. The molecule has 0 radical (unpaired) electrons. The molecule has 0 heterocycles. The van der Waals surface area contributed by atoms with Gasteiger partial charge in [-0.15, -0.1) is 0 Å². The van der Waals surface area contributed by atoms with Crippen molar-refractivity contribution in [2.75, 3.05) is 6.61 Å². The molecule has 0 saturated heterocycles. The van der Waals surface area contributed by atoms with E-state index < -0.39 is 27.0 Å². The lowest BCUT2D eigenvalue weighted by atomic mass is 9.89. The number of benzene rings is 2. The molecule has 0 amide bonds. The number of rotatable bonds is 8. The second kappa shape index (κ2) is 8.81. The topological polar surface area (TPSA) is 60.4 Å². The molecular weight excluding hydrogens is 348 g/mol. The van der Waals surface area contributed by atoms with Gasteiger partial charge in [0.1, 0.15) is 0 Å². The highest BCUT2D eigenvalue weighted by atomic mass is 32.2. The van der Waals surface area contributed by atoms with E-state index in [1.165, 1.54) is 0 Å². The van der Waals surface area contributed by atoms with Gasteiger partial charge in [-0.25, -0.2) is 8.42 Å². The zero-order valence-corrected chi connectivity index (χ0v) is 15.9. The lowest BCUT2D eigenvalue weighted by Gasteiger charge is -2.27. The summed E-state index contributed by atoms with van der Waals surface area (Å²) in [6.07, 6.45) is -0.0263. The van der Waals surface area contributed by atoms with Crippen molar-refractivity contribution in [3.63, 3.8) is 0 Å². The Bertz CT molecular complexity index is 842. The van der Waals surface area contributed by atoms with Gasteiger partial charge in [0, 0.05) is 5.92 Å². The van der Waals surface area contributed by atoms with Crippen LogP contribution in [-0.2, 0) is 19.4 Å². The molecule has 2 rings (SSSR count). The van der Waals surface area contributed by atoms with Gasteiger partial charge in [-0.05, 0) is 31.5 Å². The number of hydrogen-bond donors (Lipinski definition) is 0. The fourth-order valence-electron chi connectivity index (χ4n) is 3.08. The van der Waals surface area contributed by atoms with Crippen LogP contribution in [0.1, 0.15) is 31.7 Å². The van der Waals surface area contributed by atoms with Crippen LogP contribution in [0.15, 0.2) is 77.7 Å². The lowest BCUT2D eigenvalue weighted by molar-refractivity contribution is -0.143. The third-order valence-corrected chi connectivity index (χ3v) is 6.51. The molecule has 0 bridgehead atoms. The number of ether oxygens (including phenoxy) is 1. The van der Waals surface area contributed by atoms with Crippen LogP contribution in [0, 0.1) is 0 Å². The first kappa shape index (κ1) is 19.9. The van der Waals surface area contributed by atoms with Gasteiger partial charge in [0.05, 0.1) is 23.2 Å². The van der Waals surface area contributed by atoms with Gasteiger partial charge in [0.15, 0.2) is 9.84 Å². The summed E-state index contributed by atoms with van der Waals surface area (Å²) in [5.41, 5.74) is 1.26. The number of carbonyl (C=O) groups excluding carboxylic acids is 1. The molecule has 2 aromatic rings. The maximum atomic E-state index is 13.3. The molecule has 2 aromatic carbocycles. The Morgan fingerprint density at radius 2 is 1.58 bits per heavy atom. The summed E-state index contributed by atoms with van der Waals surface area (Å²) in [4.78, 5) is 12.4. The van der Waals surface area contributed by atoms with Gasteiger partial charge in [-0.3, -0.25) is 4.79 Å². The van der Waals surface area contributed by atoms with Crippen LogP contribution in [-0.4, -0.2) is 26.2 Å². The van der Waals surface area contributed by atoms with Crippen molar-refractivity contribution in [3.8, 4) is 0 Å². The molecule has 2 atom stereocenters. The van der Waals surface area contributed by atoms with Gasteiger partial charge in [0.2, 0.25) is 0 Å². The molecule has 0 aliphatic rings. The van der Waals surface area contributed by atoms with Crippen molar-refractivity contribution in [3.05, 3.63) is 78.4 Å². The van der Waals surface area contributed by atoms with Gasteiger partial charge < -0.3 is 4.74 Å². The fraction of sp³-hybridized carbons (Fsp3) is 0.286. The Kier molecular flexibility index (Phi) is 6.75. The van der Waals surface area contributed by atoms with Crippen molar-refractivity contribution >= 4 is 15.8 Å². The molecule has 5 heteroatoms. The Morgan fingerprint density at radius 3 is 2.08 bits per heavy atom. The van der Waals surface area contributed by atoms with E-state index in [2.05, 4.69) is 6.58 Å². The molecule has 0 fully saturated rings. The Labute approximate surface area is 155 Å². The van der Waals surface area contributed by atoms with Crippen molar-refractivity contribution in [1.82, 2.24) is 0 Å². The van der Waals surface area contributed by atoms with Crippen molar-refractivity contribution in [2.45, 2.75) is 36.3 Å². The van der Waals surface area contributed by atoms with Crippen LogP contribution in [0.4, 0.5) is 0 Å². The van der Waals surface area contributed by atoms with Gasteiger partial charge in [0.25, 0.3) is 0 Å². The second-order valence-corrected chi connectivity index (χ2v) is 8.22. The molecule has 0 aromatic heterocycles. The molecule has 0 spiro atoms. The van der Waals surface area contributed by atoms with Gasteiger partial charge in [-0.2, -0.15) is 0 Å². The van der Waals surface area contributed by atoms with E-state index in [1.54, 1.807) is 44.2 Å². The van der Waals surface area contributed by atoms with E-state index in [9.17, 15) is 13.2 Å². The summed E-state index contributed by atoms with van der Waals surface area (Å²) in [5.74, 6) is -0.992. The first-order valence-electron chi connectivity index (χ1n) is 8.52. The van der Waals surface area contributed by atoms with E-state index in [0.717, 1.165) is 5.56 Å². The Morgan fingerprint density at radius 1 is 1.04 bits per heavy atom. The lowest BCUT2D eigenvalue weighted by Crippen LogP contribution is -2.31. The van der Waals surface area contributed by atoms with Crippen LogP contribution < -0.4 is 0 Å². The molecule has 4 nitrogen and oxygen atoms in total. The molecule has 0 N–H and O–H groups in total. The van der Waals surface area contributed by atoms with E-state index in [-0.39, 0.29) is 17.9 Å². The predicted octanol–water partition coefficient (Wildman–Crippen LogP) is 4.14. The summed E-state index contributed by atoms with van der Waals surface area (Å²) in [5, 5.41) is -0.920. The average Bonchev–Trinajstić information content (AvgIpc) is 2.62. The second-order valence-electron chi connectivity index (χ2n) is 6.15.